The van der Waals surface area contributed by atoms with Gasteiger partial charge < -0.3 is 10.4 Å². The number of hydrogen-bond acceptors (Lipinski definition) is 4. The predicted octanol–water partition coefficient (Wildman–Crippen LogP) is 1.37. The van der Waals surface area contributed by atoms with Gasteiger partial charge in [-0.25, -0.2) is 0 Å². The van der Waals surface area contributed by atoms with E-state index in [1.807, 2.05) is 36.5 Å². The van der Waals surface area contributed by atoms with E-state index in [2.05, 4.69) is 15.3 Å². The Bertz CT molecular complexity index is 587. The van der Waals surface area contributed by atoms with Crippen molar-refractivity contribution in [3.05, 3.63) is 53.3 Å². The van der Waals surface area contributed by atoms with E-state index in [4.69, 9.17) is 11.6 Å². The zero-order valence-corrected chi connectivity index (χ0v) is 13.2. The first-order valence-corrected chi connectivity index (χ1v) is 7.88. The Kier molecular flexibility index (Phi) is 4.78. The van der Waals surface area contributed by atoms with Gasteiger partial charge in [0.05, 0.1) is 6.54 Å². The molecule has 1 aromatic heterocycles. The van der Waals surface area contributed by atoms with E-state index in [0.29, 0.717) is 19.6 Å². The second kappa shape index (κ2) is 6.79. The summed E-state index contributed by atoms with van der Waals surface area (Å²) >= 11 is 5.93. The van der Waals surface area contributed by atoms with Gasteiger partial charge in [-0.1, -0.05) is 23.7 Å². The van der Waals surface area contributed by atoms with E-state index in [0.717, 1.165) is 24.7 Å². The van der Waals surface area contributed by atoms with Crippen LogP contribution < -0.4 is 5.32 Å². The lowest BCUT2D eigenvalue weighted by Crippen LogP contribution is -2.49. The maximum atomic E-state index is 10.9. The van der Waals surface area contributed by atoms with Crippen LogP contribution in [0.4, 0.5) is 0 Å². The van der Waals surface area contributed by atoms with Gasteiger partial charge in [0.2, 0.25) is 0 Å². The van der Waals surface area contributed by atoms with Gasteiger partial charge in [0.15, 0.2) is 0 Å². The number of halogens is 1. The van der Waals surface area contributed by atoms with Crippen LogP contribution in [0.25, 0.3) is 0 Å². The summed E-state index contributed by atoms with van der Waals surface area (Å²) in [7, 11) is 0. The van der Waals surface area contributed by atoms with Crippen molar-refractivity contribution in [1.29, 1.82) is 0 Å². The van der Waals surface area contributed by atoms with E-state index in [1.165, 1.54) is 5.56 Å². The zero-order chi connectivity index (χ0) is 15.4. The molecule has 0 aliphatic carbocycles. The Morgan fingerprint density at radius 1 is 1.32 bits per heavy atom. The molecular weight excluding hydrogens is 300 g/mol. The van der Waals surface area contributed by atoms with Crippen molar-refractivity contribution in [2.75, 3.05) is 26.2 Å². The molecule has 2 aromatic rings. The van der Waals surface area contributed by atoms with Gasteiger partial charge in [-0.2, -0.15) is 5.10 Å². The number of nitrogens with zero attached hydrogens (tertiary/aromatic N) is 3. The Hall–Kier alpha value is -1.40. The molecule has 1 atom stereocenters. The molecule has 0 amide bonds. The largest absolute Gasteiger partial charge is 0.385 e. The molecule has 2 N–H and O–H groups in total. The highest BCUT2D eigenvalue weighted by atomic mass is 35.5. The van der Waals surface area contributed by atoms with Crippen LogP contribution in [0.3, 0.4) is 0 Å². The van der Waals surface area contributed by atoms with Crippen molar-refractivity contribution in [2.24, 2.45) is 0 Å². The van der Waals surface area contributed by atoms with Crippen LogP contribution in [0.15, 0.2) is 42.7 Å². The molecule has 1 fully saturated rings. The topological polar surface area (TPSA) is 53.3 Å². The fourth-order valence-corrected chi connectivity index (χ4v) is 3.02. The van der Waals surface area contributed by atoms with Gasteiger partial charge in [0.1, 0.15) is 5.60 Å². The smallest absolute Gasteiger partial charge is 0.109 e. The standard InChI is InChI=1S/C16H21ClN4O/c17-15-4-2-14(3-5-15)10-20-9-7-18-11-16(22,12-20)13-21-8-1-6-19-21/h1-6,8,18,22H,7,9-13H2/t16-/m0/s1. The van der Waals surface area contributed by atoms with E-state index < -0.39 is 5.60 Å². The van der Waals surface area contributed by atoms with Crippen LogP contribution in [0.2, 0.25) is 5.02 Å². The van der Waals surface area contributed by atoms with Gasteiger partial charge in [0.25, 0.3) is 0 Å². The van der Waals surface area contributed by atoms with Crippen LogP contribution >= 0.6 is 11.6 Å². The highest BCUT2D eigenvalue weighted by Gasteiger charge is 2.32. The molecule has 1 aromatic carbocycles. The molecule has 0 spiro atoms. The number of benzene rings is 1. The maximum Gasteiger partial charge on any atom is 0.109 e. The second-order valence-electron chi connectivity index (χ2n) is 5.94. The third-order valence-corrected chi connectivity index (χ3v) is 4.16. The van der Waals surface area contributed by atoms with Crippen molar-refractivity contribution in [1.82, 2.24) is 20.0 Å². The molecular formula is C16H21ClN4O. The van der Waals surface area contributed by atoms with Crippen molar-refractivity contribution in [3.8, 4) is 0 Å². The normalized spacial score (nSPS) is 23.4. The van der Waals surface area contributed by atoms with E-state index in [1.54, 1.807) is 10.9 Å². The van der Waals surface area contributed by atoms with Gasteiger partial charge in [0, 0.05) is 50.1 Å². The summed E-state index contributed by atoms with van der Waals surface area (Å²) in [6.45, 7) is 4.26. The molecule has 118 valence electrons. The lowest BCUT2D eigenvalue weighted by Gasteiger charge is -2.31. The average Bonchev–Trinajstić information content (AvgIpc) is 2.91. The van der Waals surface area contributed by atoms with Crippen LogP contribution in [-0.2, 0) is 13.1 Å². The number of nitrogens with one attached hydrogen (secondary N) is 1. The van der Waals surface area contributed by atoms with E-state index in [-0.39, 0.29) is 0 Å². The van der Waals surface area contributed by atoms with Crippen molar-refractivity contribution in [2.45, 2.75) is 18.7 Å². The SMILES string of the molecule is O[C@@]1(Cn2cccn2)CNCCN(Cc2ccc(Cl)cc2)C1. The minimum atomic E-state index is -0.824. The minimum Gasteiger partial charge on any atom is -0.385 e. The molecule has 1 saturated heterocycles. The Balaban J connectivity index is 1.67. The molecule has 0 unspecified atom stereocenters. The summed E-state index contributed by atoms with van der Waals surface area (Å²) in [6, 6.07) is 9.76. The monoisotopic (exact) mass is 320 g/mol. The Morgan fingerprint density at radius 3 is 2.86 bits per heavy atom. The highest BCUT2D eigenvalue weighted by molar-refractivity contribution is 6.30. The summed E-state index contributed by atoms with van der Waals surface area (Å²) in [5.41, 5.74) is 0.377. The summed E-state index contributed by atoms with van der Waals surface area (Å²) in [5.74, 6) is 0. The number of rotatable bonds is 4. The maximum absolute atomic E-state index is 10.9. The lowest BCUT2D eigenvalue weighted by molar-refractivity contribution is -0.00259. The summed E-state index contributed by atoms with van der Waals surface area (Å²) in [5, 5.41) is 19.2. The molecule has 0 saturated carbocycles. The number of aromatic nitrogens is 2. The van der Waals surface area contributed by atoms with Gasteiger partial charge in [-0.3, -0.25) is 9.58 Å². The molecule has 0 radical (unpaired) electrons. The van der Waals surface area contributed by atoms with Gasteiger partial charge in [-0.15, -0.1) is 0 Å². The van der Waals surface area contributed by atoms with Crippen molar-refractivity contribution in [3.63, 3.8) is 0 Å². The number of β-amino-alcohol motifs (C(OH)–C–C–N with tert-alkyl or cyclic N) is 1. The van der Waals surface area contributed by atoms with Gasteiger partial charge in [-0.05, 0) is 23.8 Å². The van der Waals surface area contributed by atoms with E-state index in [9.17, 15) is 5.11 Å². The number of hydrogen-bond donors (Lipinski definition) is 2. The molecule has 3 rings (SSSR count). The van der Waals surface area contributed by atoms with Crippen molar-refractivity contribution >= 4 is 11.6 Å². The summed E-state index contributed by atoms with van der Waals surface area (Å²) in [4.78, 5) is 2.27. The Labute approximate surface area is 135 Å². The number of aliphatic hydroxyl groups is 1. The quantitative estimate of drug-likeness (QED) is 0.893. The first-order valence-electron chi connectivity index (χ1n) is 7.50. The van der Waals surface area contributed by atoms with Crippen LogP contribution in [0.1, 0.15) is 5.56 Å². The molecule has 22 heavy (non-hydrogen) atoms. The lowest BCUT2D eigenvalue weighted by atomic mass is 10.0. The van der Waals surface area contributed by atoms with E-state index >= 15 is 0 Å². The molecule has 1 aliphatic rings. The van der Waals surface area contributed by atoms with Gasteiger partial charge >= 0.3 is 0 Å². The third-order valence-electron chi connectivity index (χ3n) is 3.91. The molecule has 5 nitrogen and oxygen atoms in total. The third kappa shape index (κ3) is 4.08. The minimum absolute atomic E-state index is 0.490. The second-order valence-corrected chi connectivity index (χ2v) is 6.38. The van der Waals surface area contributed by atoms with Crippen molar-refractivity contribution < 1.29 is 5.11 Å². The first-order chi connectivity index (χ1) is 10.6. The molecule has 0 bridgehead atoms. The highest BCUT2D eigenvalue weighted by Crippen LogP contribution is 2.16. The molecule has 2 heterocycles. The predicted molar refractivity (Wildman–Crippen MR) is 86.8 cm³/mol. The summed E-state index contributed by atoms with van der Waals surface area (Å²) < 4.78 is 1.79. The fourth-order valence-electron chi connectivity index (χ4n) is 2.89. The summed E-state index contributed by atoms with van der Waals surface area (Å²) in [6.07, 6.45) is 3.62. The molecule has 6 heteroatoms. The zero-order valence-electron chi connectivity index (χ0n) is 12.5. The van der Waals surface area contributed by atoms with Crippen LogP contribution in [-0.4, -0.2) is 51.6 Å². The van der Waals surface area contributed by atoms with Crippen LogP contribution in [0.5, 0.6) is 0 Å². The molecule has 1 aliphatic heterocycles. The van der Waals surface area contributed by atoms with Crippen LogP contribution in [0, 0.1) is 0 Å². The first kappa shape index (κ1) is 15.5. The fraction of sp³-hybridized carbons (Fsp3) is 0.438. The average molecular weight is 321 g/mol. The Morgan fingerprint density at radius 2 is 2.14 bits per heavy atom.